The van der Waals surface area contributed by atoms with Crippen LogP contribution in [0.2, 0.25) is 0 Å². The third-order valence-electron chi connectivity index (χ3n) is 4.50. The fourth-order valence-corrected chi connectivity index (χ4v) is 4.03. The maximum Gasteiger partial charge on any atom is 0.225 e. The average Bonchev–Trinajstić information content (AvgIpc) is 2.60. The average molecular weight is 298 g/mol. The van der Waals surface area contributed by atoms with E-state index in [0.29, 0.717) is 12.1 Å². The molecule has 0 unspecified atom stereocenters. The van der Waals surface area contributed by atoms with E-state index < -0.39 is 5.54 Å². The summed E-state index contributed by atoms with van der Waals surface area (Å²) in [4.78, 5) is 11.6. The van der Waals surface area contributed by atoms with Gasteiger partial charge in [0.1, 0.15) is 0 Å². The van der Waals surface area contributed by atoms with Crippen molar-refractivity contribution in [2.75, 3.05) is 0 Å². The first-order valence-corrected chi connectivity index (χ1v) is 7.61. The first kappa shape index (κ1) is 14.8. The molecule has 0 saturated heterocycles. The van der Waals surface area contributed by atoms with Crippen molar-refractivity contribution in [2.24, 2.45) is 5.41 Å². The lowest BCUT2D eigenvalue weighted by atomic mass is 9.68. The van der Waals surface area contributed by atoms with Crippen LogP contribution >= 0.6 is 0 Å². The normalized spacial score (nSPS) is 25.4. The Kier molecular flexibility index (Phi) is 3.00. The number of amides is 1. The molecule has 1 N–H and O–H groups in total. The molecule has 0 aromatic heterocycles. The molecule has 1 aromatic rings. The highest BCUT2D eigenvalue weighted by Gasteiger charge is 2.49. The molecular formula is C18H22N2O2. The Balaban J connectivity index is 2.23. The van der Waals surface area contributed by atoms with Gasteiger partial charge < -0.3 is 10.5 Å². The Hall–Kier alpha value is -2.10. The summed E-state index contributed by atoms with van der Waals surface area (Å²) < 4.78 is 1.07. The summed E-state index contributed by atoms with van der Waals surface area (Å²) >= 11 is 0. The number of nitrogens with zero attached hydrogens (tertiary/aromatic N) is 1. The fraction of sp³-hybridized carbons (Fsp3) is 0.444. The van der Waals surface area contributed by atoms with Crippen LogP contribution in [0.3, 0.4) is 0 Å². The number of nitrogens with one attached hydrogen (secondary N) is 1. The van der Waals surface area contributed by atoms with E-state index in [1.165, 1.54) is 6.92 Å². The molecule has 1 aromatic carbocycles. The molecule has 0 bridgehead atoms. The maximum absolute atomic E-state index is 12.8. The highest BCUT2D eigenvalue weighted by Crippen LogP contribution is 2.47. The van der Waals surface area contributed by atoms with Crippen molar-refractivity contribution in [3.8, 4) is 0 Å². The molecule has 4 nitrogen and oxygen atoms in total. The minimum Gasteiger partial charge on any atom is -0.618 e. The summed E-state index contributed by atoms with van der Waals surface area (Å²) in [6.07, 6.45) is 2.74. The van der Waals surface area contributed by atoms with Gasteiger partial charge in [0, 0.05) is 13.0 Å². The number of hydrogen-bond donors (Lipinski definition) is 1. The summed E-state index contributed by atoms with van der Waals surface area (Å²) in [5.74, 6) is -0.0558. The molecule has 0 spiro atoms. The Labute approximate surface area is 131 Å². The van der Waals surface area contributed by atoms with Gasteiger partial charge in [0.05, 0.1) is 22.1 Å². The Morgan fingerprint density at radius 2 is 2.00 bits per heavy atom. The van der Waals surface area contributed by atoms with Crippen molar-refractivity contribution in [1.29, 1.82) is 0 Å². The van der Waals surface area contributed by atoms with E-state index in [4.69, 9.17) is 0 Å². The summed E-state index contributed by atoms with van der Waals surface area (Å²) in [5, 5.41) is 15.8. The Morgan fingerprint density at radius 1 is 1.32 bits per heavy atom. The minimum absolute atomic E-state index is 0.0558. The van der Waals surface area contributed by atoms with E-state index in [-0.39, 0.29) is 11.3 Å². The second kappa shape index (κ2) is 4.45. The first-order chi connectivity index (χ1) is 10.1. The third-order valence-corrected chi connectivity index (χ3v) is 4.50. The molecule has 4 heteroatoms. The summed E-state index contributed by atoms with van der Waals surface area (Å²) in [5.41, 5.74) is 3.74. The molecule has 1 aliphatic carbocycles. The summed E-state index contributed by atoms with van der Waals surface area (Å²) in [6.45, 7) is 9.67. The second-order valence-corrected chi connectivity index (χ2v) is 7.38. The number of rotatable bonds is 1. The van der Waals surface area contributed by atoms with Crippen LogP contribution in [0.5, 0.6) is 0 Å². The standard InChI is InChI=1S/C18H22N2O2/c1-11-6-7-13-14-9-18(5,19-12(2)21)10-17(3,4)16(14)20(22)15(13)8-11/h6-9H,10H2,1-5H3,(H,19,21)/t18-/m1/s1. The molecular weight excluding hydrogens is 276 g/mol. The van der Waals surface area contributed by atoms with E-state index in [1.807, 2.05) is 38.1 Å². The van der Waals surface area contributed by atoms with Gasteiger partial charge in [-0.25, -0.2) is 0 Å². The van der Waals surface area contributed by atoms with Crippen LogP contribution in [-0.4, -0.2) is 21.9 Å². The molecule has 0 radical (unpaired) electrons. The van der Waals surface area contributed by atoms with Gasteiger partial charge in [0.2, 0.25) is 17.3 Å². The monoisotopic (exact) mass is 298 g/mol. The van der Waals surface area contributed by atoms with E-state index in [0.717, 1.165) is 27.2 Å². The van der Waals surface area contributed by atoms with Crippen molar-refractivity contribution < 1.29 is 9.53 Å². The Morgan fingerprint density at radius 3 is 2.64 bits per heavy atom. The molecule has 1 amide bonds. The Bertz CT molecular complexity index is 743. The van der Waals surface area contributed by atoms with E-state index in [2.05, 4.69) is 19.2 Å². The number of hydrogen-bond acceptors (Lipinski definition) is 2. The summed E-state index contributed by atoms with van der Waals surface area (Å²) in [7, 11) is 0. The fourth-order valence-electron chi connectivity index (χ4n) is 4.03. The number of carbonyl (C=O) groups is 1. The van der Waals surface area contributed by atoms with Crippen molar-refractivity contribution in [2.45, 2.75) is 46.6 Å². The van der Waals surface area contributed by atoms with Gasteiger partial charge in [0.15, 0.2) is 0 Å². The van der Waals surface area contributed by atoms with Crippen LogP contribution in [-0.2, 0) is 4.79 Å². The molecule has 1 atom stereocenters. The van der Waals surface area contributed by atoms with Crippen LogP contribution in [0, 0.1) is 17.5 Å². The zero-order valence-corrected chi connectivity index (χ0v) is 13.8. The molecule has 1 aliphatic heterocycles. The first-order valence-electron chi connectivity index (χ1n) is 7.61. The number of benzene rings is 1. The van der Waals surface area contributed by atoms with Gasteiger partial charge in [-0.1, -0.05) is 6.07 Å². The van der Waals surface area contributed by atoms with Crippen LogP contribution in [0.1, 0.15) is 45.2 Å². The zero-order chi connectivity index (χ0) is 16.3. The summed E-state index contributed by atoms with van der Waals surface area (Å²) in [6, 6.07) is 5.96. The maximum atomic E-state index is 12.8. The van der Waals surface area contributed by atoms with Gasteiger partial charge in [-0.15, -0.1) is 0 Å². The van der Waals surface area contributed by atoms with Crippen molar-refractivity contribution in [1.82, 2.24) is 5.32 Å². The second-order valence-electron chi connectivity index (χ2n) is 7.38. The van der Waals surface area contributed by atoms with Gasteiger partial charge in [0.25, 0.3) is 0 Å². The molecule has 116 valence electrons. The van der Waals surface area contributed by atoms with Gasteiger partial charge >= 0.3 is 0 Å². The van der Waals surface area contributed by atoms with E-state index >= 15 is 0 Å². The largest absolute Gasteiger partial charge is 0.618 e. The quantitative estimate of drug-likeness (QED) is 0.639. The van der Waals surface area contributed by atoms with E-state index in [1.54, 1.807) is 0 Å². The van der Waals surface area contributed by atoms with Gasteiger partial charge in [-0.05, 0) is 51.8 Å². The molecule has 0 saturated carbocycles. The van der Waals surface area contributed by atoms with Crippen molar-refractivity contribution >= 4 is 22.9 Å². The van der Waals surface area contributed by atoms with Crippen molar-refractivity contribution in [3.05, 3.63) is 40.6 Å². The number of carbonyl (C=O) groups excluding carboxylic acids is 1. The molecule has 1 heterocycles. The van der Waals surface area contributed by atoms with Crippen molar-refractivity contribution in [3.63, 3.8) is 0 Å². The topological polar surface area (TPSA) is 55.2 Å². The highest BCUT2D eigenvalue weighted by molar-refractivity contribution is 6.28. The van der Waals surface area contributed by atoms with Crippen LogP contribution in [0.4, 0.5) is 5.69 Å². The number of aryl methyl sites for hydroxylation is 1. The molecule has 22 heavy (non-hydrogen) atoms. The molecule has 3 rings (SSSR count). The predicted molar refractivity (Wildman–Crippen MR) is 88.1 cm³/mol. The van der Waals surface area contributed by atoms with Crippen LogP contribution in [0.25, 0.3) is 5.57 Å². The molecule has 0 fully saturated rings. The smallest absolute Gasteiger partial charge is 0.225 e. The lowest BCUT2D eigenvalue weighted by Crippen LogP contribution is -2.51. The number of allylic oxidation sites excluding steroid dienone is 1. The highest BCUT2D eigenvalue weighted by atomic mass is 16.5. The van der Waals surface area contributed by atoms with Crippen LogP contribution in [0.15, 0.2) is 24.3 Å². The van der Waals surface area contributed by atoms with Crippen LogP contribution < -0.4 is 5.32 Å². The minimum atomic E-state index is -0.443. The predicted octanol–water partition coefficient (Wildman–Crippen LogP) is 3.30. The van der Waals surface area contributed by atoms with Gasteiger partial charge in [-0.3, -0.25) is 4.79 Å². The zero-order valence-electron chi connectivity index (χ0n) is 13.8. The van der Waals surface area contributed by atoms with Gasteiger partial charge in [-0.2, -0.15) is 4.74 Å². The number of fused-ring (bicyclic) bond motifs is 3. The third kappa shape index (κ3) is 2.14. The van der Waals surface area contributed by atoms with E-state index in [9.17, 15) is 10.0 Å². The lowest BCUT2D eigenvalue weighted by Gasteiger charge is -2.39. The molecule has 2 aliphatic rings. The lowest BCUT2D eigenvalue weighted by molar-refractivity contribution is -0.361. The SMILES string of the molecule is CC(=O)N[C@]1(C)C=C2C(=[N+]([O-])c3cc(C)ccc32)C(C)(C)C1.